The molecular formula is C12H19N3OS. The van der Waals surface area contributed by atoms with Crippen LogP contribution in [0.5, 0.6) is 0 Å². The van der Waals surface area contributed by atoms with Crippen molar-refractivity contribution in [1.82, 2.24) is 10.3 Å². The van der Waals surface area contributed by atoms with Gasteiger partial charge < -0.3 is 11.1 Å². The lowest BCUT2D eigenvalue weighted by Gasteiger charge is -2.06. The number of pyridine rings is 1. The largest absolute Gasteiger partial charge is 0.355 e. The maximum absolute atomic E-state index is 11.4. The minimum absolute atomic E-state index is 0.0616. The molecule has 0 fully saturated rings. The van der Waals surface area contributed by atoms with Gasteiger partial charge >= 0.3 is 0 Å². The van der Waals surface area contributed by atoms with E-state index >= 15 is 0 Å². The van der Waals surface area contributed by atoms with E-state index in [1.165, 1.54) is 0 Å². The Balaban J connectivity index is 2.08. The number of thioether (sulfide) groups is 1. The summed E-state index contributed by atoms with van der Waals surface area (Å²) in [5.74, 6) is 1.29. The van der Waals surface area contributed by atoms with Crippen LogP contribution < -0.4 is 11.1 Å². The Morgan fingerprint density at radius 1 is 1.59 bits per heavy atom. The van der Waals surface area contributed by atoms with Crippen LogP contribution >= 0.6 is 11.8 Å². The topological polar surface area (TPSA) is 68.0 Å². The summed E-state index contributed by atoms with van der Waals surface area (Å²) >= 11 is 1.57. The molecule has 1 rings (SSSR count). The minimum Gasteiger partial charge on any atom is -0.355 e. The van der Waals surface area contributed by atoms with E-state index in [-0.39, 0.29) is 11.9 Å². The van der Waals surface area contributed by atoms with Crippen molar-refractivity contribution in [3.05, 3.63) is 30.1 Å². The zero-order chi connectivity index (χ0) is 12.5. The van der Waals surface area contributed by atoms with Crippen LogP contribution in [0.4, 0.5) is 0 Å². The first-order chi connectivity index (χ1) is 8.18. The molecule has 1 amide bonds. The first kappa shape index (κ1) is 14.0. The fraction of sp³-hybridized carbons (Fsp3) is 0.500. The van der Waals surface area contributed by atoms with E-state index in [1.54, 1.807) is 18.0 Å². The number of hydrogen-bond acceptors (Lipinski definition) is 4. The molecule has 1 atom stereocenters. The number of aromatic nitrogens is 1. The van der Waals surface area contributed by atoms with Gasteiger partial charge in [-0.1, -0.05) is 6.07 Å². The number of carbonyl (C=O) groups is 1. The van der Waals surface area contributed by atoms with E-state index in [1.807, 2.05) is 25.1 Å². The quantitative estimate of drug-likeness (QED) is 0.765. The van der Waals surface area contributed by atoms with Crippen molar-refractivity contribution < 1.29 is 4.79 Å². The zero-order valence-corrected chi connectivity index (χ0v) is 10.9. The molecule has 0 bridgehead atoms. The third kappa shape index (κ3) is 6.97. The van der Waals surface area contributed by atoms with E-state index in [0.717, 1.165) is 17.9 Å². The molecule has 0 saturated heterocycles. The van der Waals surface area contributed by atoms with E-state index in [4.69, 9.17) is 5.73 Å². The van der Waals surface area contributed by atoms with Crippen molar-refractivity contribution in [2.75, 3.05) is 12.3 Å². The van der Waals surface area contributed by atoms with Gasteiger partial charge in [0.15, 0.2) is 0 Å². The van der Waals surface area contributed by atoms with Gasteiger partial charge in [-0.25, -0.2) is 0 Å². The molecule has 94 valence electrons. The first-order valence-electron chi connectivity index (χ1n) is 5.68. The predicted molar refractivity (Wildman–Crippen MR) is 71.7 cm³/mol. The van der Waals surface area contributed by atoms with Crippen LogP contribution in [0.2, 0.25) is 0 Å². The molecule has 3 N–H and O–H groups in total. The van der Waals surface area contributed by atoms with Crippen LogP contribution in [-0.4, -0.2) is 29.2 Å². The van der Waals surface area contributed by atoms with Crippen LogP contribution in [-0.2, 0) is 10.5 Å². The summed E-state index contributed by atoms with van der Waals surface area (Å²) in [5, 5.41) is 2.84. The second kappa shape index (κ2) is 8.08. The highest BCUT2D eigenvalue weighted by molar-refractivity contribution is 7.99. The Morgan fingerprint density at radius 2 is 2.41 bits per heavy atom. The maximum atomic E-state index is 11.4. The summed E-state index contributed by atoms with van der Waals surface area (Å²) in [4.78, 5) is 15.6. The van der Waals surface area contributed by atoms with Gasteiger partial charge in [-0.3, -0.25) is 9.78 Å². The third-order valence-electron chi connectivity index (χ3n) is 2.13. The molecule has 1 aromatic rings. The first-order valence-corrected chi connectivity index (χ1v) is 6.84. The molecule has 0 saturated carbocycles. The van der Waals surface area contributed by atoms with E-state index in [2.05, 4.69) is 10.3 Å². The molecule has 0 aliphatic rings. The van der Waals surface area contributed by atoms with Gasteiger partial charge in [0.1, 0.15) is 0 Å². The van der Waals surface area contributed by atoms with Crippen molar-refractivity contribution in [2.45, 2.75) is 25.1 Å². The lowest BCUT2D eigenvalue weighted by molar-refractivity contribution is -0.118. The van der Waals surface area contributed by atoms with Gasteiger partial charge in [-0.2, -0.15) is 0 Å². The summed E-state index contributed by atoms with van der Waals surface area (Å²) in [6.07, 6.45) is 2.58. The zero-order valence-electron chi connectivity index (χ0n) is 10.1. The molecule has 17 heavy (non-hydrogen) atoms. The number of nitrogens with zero attached hydrogens (tertiary/aromatic N) is 1. The van der Waals surface area contributed by atoms with Gasteiger partial charge in [-0.05, 0) is 25.5 Å². The second-order valence-electron chi connectivity index (χ2n) is 3.93. The average Bonchev–Trinajstić information content (AvgIpc) is 2.30. The molecule has 5 heteroatoms. The van der Waals surface area contributed by atoms with Gasteiger partial charge in [0, 0.05) is 24.5 Å². The van der Waals surface area contributed by atoms with Crippen molar-refractivity contribution in [3.8, 4) is 0 Å². The molecule has 1 heterocycles. The highest BCUT2D eigenvalue weighted by Gasteiger charge is 2.02. The maximum Gasteiger partial charge on any atom is 0.230 e. The Labute approximate surface area is 106 Å². The van der Waals surface area contributed by atoms with Crippen molar-refractivity contribution in [1.29, 1.82) is 0 Å². The SMILES string of the molecule is CC(N)CCNC(=O)CSCc1ccccn1. The van der Waals surface area contributed by atoms with Crippen LogP contribution in [0.1, 0.15) is 19.0 Å². The number of rotatable bonds is 7. The fourth-order valence-corrected chi connectivity index (χ4v) is 1.99. The van der Waals surface area contributed by atoms with Gasteiger partial charge in [0.25, 0.3) is 0 Å². The third-order valence-corrected chi connectivity index (χ3v) is 3.10. The molecule has 0 aliphatic carbocycles. The second-order valence-corrected chi connectivity index (χ2v) is 4.92. The standard InChI is InChI=1S/C12H19N3OS/c1-10(13)5-7-15-12(16)9-17-8-11-4-2-3-6-14-11/h2-4,6,10H,5,7-9,13H2,1H3,(H,15,16). The van der Waals surface area contributed by atoms with Gasteiger partial charge in [0.05, 0.1) is 11.4 Å². The smallest absolute Gasteiger partial charge is 0.230 e. The van der Waals surface area contributed by atoms with Crippen LogP contribution in [0.25, 0.3) is 0 Å². The summed E-state index contributed by atoms with van der Waals surface area (Å²) in [6, 6.07) is 5.93. The predicted octanol–water partition coefficient (Wildman–Crippen LogP) is 1.17. The van der Waals surface area contributed by atoms with E-state index < -0.39 is 0 Å². The van der Waals surface area contributed by atoms with E-state index in [0.29, 0.717) is 12.3 Å². The van der Waals surface area contributed by atoms with Crippen LogP contribution in [0, 0.1) is 0 Å². The molecular weight excluding hydrogens is 234 g/mol. The van der Waals surface area contributed by atoms with Crippen molar-refractivity contribution in [2.24, 2.45) is 5.73 Å². The van der Waals surface area contributed by atoms with Crippen molar-refractivity contribution >= 4 is 17.7 Å². The highest BCUT2D eigenvalue weighted by atomic mass is 32.2. The average molecular weight is 253 g/mol. The monoisotopic (exact) mass is 253 g/mol. The lowest BCUT2D eigenvalue weighted by Crippen LogP contribution is -2.30. The molecule has 0 radical (unpaired) electrons. The Kier molecular flexibility index (Phi) is 6.65. The Morgan fingerprint density at radius 3 is 3.06 bits per heavy atom. The number of nitrogens with one attached hydrogen (secondary N) is 1. The number of carbonyl (C=O) groups excluding carboxylic acids is 1. The Hall–Kier alpha value is -1.07. The van der Waals surface area contributed by atoms with Gasteiger partial charge in [-0.15, -0.1) is 11.8 Å². The molecule has 0 aromatic carbocycles. The molecule has 1 aromatic heterocycles. The van der Waals surface area contributed by atoms with Crippen molar-refractivity contribution in [3.63, 3.8) is 0 Å². The summed E-state index contributed by atoms with van der Waals surface area (Å²) in [6.45, 7) is 2.59. The summed E-state index contributed by atoms with van der Waals surface area (Å²) < 4.78 is 0. The minimum atomic E-state index is 0.0616. The Bertz CT molecular complexity index is 330. The molecule has 0 aliphatic heterocycles. The molecule has 4 nitrogen and oxygen atoms in total. The summed E-state index contributed by atoms with van der Waals surface area (Å²) in [5.41, 5.74) is 6.59. The van der Waals surface area contributed by atoms with Crippen LogP contribution in [0.15, 0.2) is 24.4 Å². The highest BCUT2D eigenvalue weighted by Crippen LogP contribution is 2.08. The normalized spacial score (nSPS) is 12.1. The number of hydrogen-bond donors (Lipinski definition) is 2. The van der Waals surface area contributed by atoms with Crippen LogP contribution in [0.3, 0.4) is 0 Å². The fourth-order valence-electron chi connectivity index (χ4n) is 1.22. The number of amides is 1. The van der Waals surface area contributed by atoms with E-state index in [9.17, 15) is 4.79 Å². The lowest BCUT2D eigenvalue weighted by atomic mass is 10.2. The molecule has 0 spiro atoms. The summed E-state index contributed by atoms with van der Waals surface area (Å²) in [7, 11) is 0. The molecule has 1 unspecified atom stereocenters. The van der Waals surface area contributed by atoms with Gasteiger partial charge in [0.2, 0.25) is 5.91 Å². The number of nitrogens with two attached hydrogens (primary N) is 1.